The number of benzene rings is 2. The molecule has 0 saturated carbocycles. The summed E-state index contributed by atoms with van der Waals surface area (Å²) in [6.07, 6.45) is 0. The van der Waals surface area contributed by atoms with Gasteiger partial charge in [0.15, 0.2) is 0 Å². The third-order valence-electron chi connectivity index (χ3n) is 5.53. The lowest BCUT2D eigenvalue weighted by Gasteiger charge is -2.37. The van der Waals surface area contributed by atoms with Crippen LogP contribution in [-0.4, -0.2) is 68.2 Å². The Kier molecular flexibility index (Phi) is 6.19. The first-order valence-corrected chi connectivity index (χ1v) is 10.7. The fraction of sp³-hybridized carbons (Fsp3) is 0.381. The van der Waals surface area contributed by atoms with E-state index in [9.17, 15) is 14.9 Å². The smallest absolute Gasteiger partial charge is 0.270 e. The van der Waals surface area contributed by atoms with E-state index in [0.29, 0.717) is 45.0 Å². The summed E-state index contributed by atoms with van der Waals surface area (Å²) >= 11 is 3.45. The summed E-state index contributed by atoms with van der Waals surface area (Å²) in [5, 5.41) is 11.3. The molecule has 0 aromatic heterocycles. The summed E-state index contributed by atoms with van der Waals surface area (Å²) in [6, 6.07) is 12.7. The van der Waals surface area contributed by atoms with Gasteiger partial charge >= 0.3 is 0 Å². The Balaban J connectivity index is 1.52. The van der Waals surface area contributed by atoms with E-state index in [-0.39, 0.29) is 11.6 Å². The molecule has 9 heteroatoms. The Morgan fingerprint density at radius 1 is 0.933 bits per heavy atom. The number of halogens is 1. The van der Waals surface area contributed by atoms with Gasteiger partial charge in [-0.3, -0.25) is 14.9 Å². The number of rotatable bonds is 4. The number of amides is 1. The van der Waals surface area contributed by atoms with Crippen LogP contribution in [0.5, 0.6) is 0 Å². The second kappa shape index (κ2) is 9.01. The van der Waals surface area contributed by atoms with Gasteiger partial charge in [-0.2, -0.15) is 0 Å². The summed E-state index contributed by atoms with van der Waals surface area (Å²) < 4.78 is 6.44. The average Bonchev–Trinajstić information content (AvgIpc) is 2.79. The second-order valence-corrected chi connectivity index (χ2v) is 8.23. The molecule has 0 aliphatic carbocycles. The molecule has 2 saturated heterocycles. The lowest BCUT2D eigenvalue weighted by molar-refractivity contribution is -0.384. The van der Waals surface area contributed by atoms with Crippen molar-refractivity contribution in [1.82, 2.24) is 4.90 Å². The first-order chi connectivity index (χ1) is 14.5. The van der Waals surface area contributed by atoms with Gasteiger partial charge < -0.3 is 19.4 Å². The van der Waals surface area contributed by atoms with Crippen LogP contribution in [0, 0.1) is 10.1 Å². The number of non-ortho nitro benzene ring substituents is 1. The van der Waals surface area contributed by atoms with E-state index < -0.39 is 4.92 Å². The molecule has 0 unspecified atom stereocenters. The number of anilines is 2. The number of nitrogens with zero attached hydrogens (tertiary/aromatic N) is 4. The molecule has 2 aliphatic rings. The maximum Gasteiger partial charge on any atom is 0.270 e. The minimum Gasteiger partial charge on any atom is -0.378 e. The van der Waals surface area contributed by atoms with Gasteiger partial charge in [-0.1, -0.05) is 15.9 Å². The van der Waals surface area contributed by atoms with E-state index in [1.165, 1.54) is 12.1 Å². The van der Waals surface area contributed by atoms with Crippen LogP contribution in [-0.2, 0) is 4.74 Å². The normalized spacial score (nSPS) is 17.2. The predicted molar refractivity (Wildman–Crippen MR) is 118 cm³/mol. The van der Waals surface area contributed by atoms with E-state index in [4.69, 9.17) is 4.74 Å². The maximum atomic E-state index is 13.3. The van der Waals surface area contributed by atoms with Crippen LogP contribution in [0.3, 0.4) is 0 Å². The largest absolute Gasteiger partial charge is 0.378 e. The molecule has 1 amide bonds. The highest BCUT2D eigenvalue weighted by molar-refractivity contribution is 9.10. The summed E-state index contributed by atoms with van der Waals surface area (Å²) in [6.45, 7) is 5.06. The van der Waals surface area contributed by atoms with Gasteiger partial charge in [-0.05, 0) is 30.3 Å². The second-order valence-electron chi connectivity index (χ2n) is 7.31. The Hall–Kier alpha value is -2.65. The van der Waals surface area contributed by atoms with Crippen molar-refractivity contribution in [3.63, 3.8) is 0 Å². The number of morpholine rings is 1. The lowest BCUT2D eigenvalue weighted by Crippen LogP contribution is -2.49. The van der Waals surface area contributed by atoms with Crippen LogP contribution in [0.25, 0.3) is 0 Å². The van der Waals surface area contributed by atoms with Crippen LogP contribution in [0.15, 0.2) is 46.9 Å². The molecule has 4 rings (SSSR count). The molecule has 2 fully saturated rings. The van der Waals surface area contributed by atoms with Crippen LogP contribution in [0.2, 0.25) is 0 Å². The van der Waals surface area contributed by atoms with Crippen molar-refractivity contribution in [2.75, 3.05) is 62.3 Å². The molecule has 2 aromatic rings. The van der Waals surface area contributed by atoms with Crippen LogP contribution < -0.4 is 9.80 Å². The van der Waals surface area contributed by atoms with Crippen molar-refractivity contribution in [3.8, 4) is 0 Å². The molecule has 158 valence electrons. The highest BCUT2D eigenvalue weighted by Crippen LogP contribution is 2.28. The number of hydrogen-bond donors (Lipinski definition) is 0. The molecule has 0 spiro atoms. The summed E-state index contributed by atoms with van der Waals surface area (Å²) in [7, 11) is 0. The zero-order valence-electron chi connectivity index (χ0n) is 16.5. The highest BCUT2D eigenvalue weighted by Gasteiger charge is 2.28. The van der Waals surface area contributed by atoms with Gasteiger partial charge in [-0.15, -0.1) is 0 Å². The van der Waals surface area contributed by atoms with Gasteiger partial charge in [0.2, 0.25) is 0 Å². The molecule has 0 bridgehead atoms. The molecule has 30 heavy (non-hydrogen) atoms. The van der Waals surface area contributed by atoms with Crippen molar-refractivity contribution < 1.29 is 14.5 Å². The van der Waals surface area contributed by atoms with Gasteiger partial charge in [0, 0.05) is 61.6 Å². The Morgan fingerprint density at radius 2 is 1.60 bits per heavy atom. The summed E-state index contributed by atoms with van der Waals surface area (Å²) in [4.78, 5) is 30.3. The Morgan fingerprint density at radius 3 is 2.23 bits per heavy atom. The number of piperazine rings is 1. The molecule has 2 aromatic carbocycles. The quantitative estimate of drug-likeness (QED) is 0.500. The SMILES string of the molecule is O=C(c1cc([N+](=O)[O-])ccc1N1CCOCC1)N1CCN(c2ccc(Br)cc2)CC1. The molecule has 0 atom stereocenters. The van der Waals surface area contributed by atoms with Crippen molar-refractivity contribution in [2.45, 2.75) is 0 Å². The standard InChI is InChI=1S/C21H23BrN4O4/c22-16-1-3-17(4-2-16)23-7-9-25(10-8-23)21(27)19-15-18(26(28)29)5-6-20(19)24-11-13-30-14-12-24/h1-6,15H,7-14H2. The molecule has 2 aliphatic heterocycles. The molecule has 0 radical (unpaired) electrons. The van der Waals surface area contributed by atoms with Crippen LogP contribution >= 0.6 is 15.9 Å². The number of nitro benzene ring substituents is 1. The van der Waals surface area contributed by atoms with E-state index in [2.05, 4.69) is 37.9 Å². The van der Waals surface area contributed by atoms with E-state index >= 15 is 0 Å². The number of hydrogen-bond acceptors (Lipinski definition) is 6. The summed E-state index contributed by atoms with van der Waals surface area (Å²) in [5.41, 5.74) is 2.19. The van der Waals surface area contributed by atoms with Crippen molar-refractivity contribution >= 4 is 38.9 Å². The molecule has 8 nitrogen and oxygen atoms in total. The number of carbonyl (C=O) groups is 1. The van der Waals surface area contributed by atoms with Crippen LogP contribution in [0.4, 0.5) is 17.1 Å². The van der Waals surface area contributed by atoms with Gasteiger partial charge in [0.05, 0.1) is 29.4 Å². The van der Waals surface area contributed by atoms with Gasteiger partial charge in [0.1, 0.15) is 0 Å². The Bertz CT molecular complexity index is 923. The number of ether oxygens (including phenoxy) is 1. The Labute approximate surface area is 183 Å². The fourth-order valence-corrected chi connectivity index (χ4v) is 4.14. The number of carbonyl (C=O) groups excluding carboxylic acids is 1. The van der Waals surface area contributed by atoms with Crippen molar-refractivity contribution in [3.05, 3.63) is 62.6 Å². The molecular formula is C21H23BrN4O4. The minimum absolute atomic E-state index is 0.0659. The third kappa shape index (κ3) is 4.41. The molecule has 2 heterocycles. The lowest BCUT2D eigenvalue weighted by atomic mass is 10.1. The highest BCUT2D eigenvalue weighted by atomic mass is 79.9. The van der Waals surface area contributed by atoms with Crippen molar-refractivity contribution in [1.29, 1.82) is 0 Å². The van der Waals surface area contributed by atoms with E-state index in [1.54, 1.807) is 11.0 Å². The molecular weight excluding hydrogens is 452 g/mol. The first-order valence-electron chi connectivity index (χ1n) is 9.94. The third-order valence-corrected chi connectivity index (χ3v) is 6.06. The zero-order valence-corrected chi connectivity index (χ0v) is 18.1. The van der Waals surface area contributed by atoms with E-state index in [1.807, 2.05) is 12.1 Å². The zero-order chi connectivity index (χ0) is 21.1. The van der Waals surface area contributed by atoms with E-state index in [0.717, 1.165) is 28.9 Å². The van der Waals surface area contributed by atoms with Crippen LogP contribution in [0.1, 0.15) is 10.4 Å². The first kappa shape index (κ1) is 20.6. The van der Waals surface area contributed by atoms with Gasteiger partial charge in [0.25, 0.3) is 11.6 Å². The minimum atomic E-state index is -0.453. The fourth-order valence-electron chi connectivity index (χ4n) is 3.88. The monoisotopic (exact) mass is 474 g/mol. The average molecular weight is 475 g/mol. The maximum absolute atomic E-state index is 13.3. The van der Waals surface area contributed by atoms with Crippen molar-refractivity contribution in [2.24, 2.45) is 0 Å². The molecule has 0 N–H and O–H groups in total. The summed E-state index contributed by atoms with van der Waals surface area (Å²) in [5.74, 6) is -0.157. The predicted octanol–water partition coefficient (Wildman–Crippen LogP) is 3.16. The topological polar surface area (TPSA) is 79.2 Å². The van der Waals surface area contributed by atoms with Gasteiger partial charge in [-0.25, -0.2) is 0 Å². The number of nitro groups is 1.